The number of methoxy groups -OCH3 is 2. The molecule has 0 radical (unpaired) electrons. The van der Waals surface area contributed by atoms with Crippen LogP contribution in [0.3, 0.4) is 0 Å². The van der Waals surface area contributed by atoms with Gasteiger partial charge in [0.15, 0.2) is 11.5 Å². The fourth-order valence-corrected chi connectivity index (χ4v) is 2.75. The summed E-state index contributed by atoms with van der Waals surface area (Å²) < 4.78 is 24.9. The van der Waals surface area contributed by atoms with E-state index < -0.39 is 0 Å². The smallest absolute Gasteiger partial charge is 0.163 e. The van der Waals surface area contributed by atoms with Crippen LogP contribution in [0, 0.1) is 5.82 Å². The van der Waals surface area contributed by atoms with E-state index >= 15 is 0 Å². The molecule has 1 N–H and O–H groups in total. The Bertz CT molecular complexity index is 497. The van der Waals surface area contributed by atoms with Crippen LogP contribution in [-0.4, -0.2) is 45.3 Å². The molecule has 7 heteroatoms. The van der Waals surface area contributed by atoms with Crippen LogP contribution in [0.15, 0.2) is 24.8 Å². The summed E-state index contributed by atoms with van der Waals surface area (Å²) in [5.74, 6) is 0.701. The number of piperazine rings is 1. The van der Waals surface area contributed by atoms with Gasteiger partial charge >= 0.3 is 0 Å². The second-order valence-electron chi connectivity index (χ2n) is 5.05. The van der Waals surface area contributed by atoms with Crippen molar-refractivity contribution < 1.29 is 13.9 Å². The Labute approximate surface area is 149 Å². The molecule has 0 amide bonds. The standard InChI is InChI=1S/C16H23FN2O2.2ClH/c1-4-5-14(19-8-6-18-7-9-19)12-10-15(20-2)16(21-3)11-13(12)17;;/h4,10-11,14,18H,1,5-9H2,2-3H3;2*1H/t14-;;/m0../s1. The summed E-state index contributed by atoms with van der Waals surface area (Å²) in [4.78, 5) is 2.28. The molecule has 1 aliphatic heterocycles. The first kappa shape index (κ1) is 22.0. The van der Waals surface area contributed by atoms with Crippen molar-refractivity contribution in [1.82, 2.24) is 10.2 Å². The molecule has 0 bridgehead atoms. The number of rotatable bonds is 6. The molecule has 132 valence electrons. The van der Waals surface area contributed by atoms with Gasteiger partial charge in [0.05, 0.1) is 14.2 Å². The number of ether oxygens (including phenoxy) is 2. The summed E-state index contributed by atoms with van der Waals surface area (Å²) in [6.45, 7) is 7.43. The minimum absolute atomic E-state index is 0. The van der Waals surface area contributed by atoms with Gasteiger partial charge in [-0.05, 0) is 12.5 Å². The lowest BCUT2D eigenvalue weighted by molar-refractivity contribution is 0.171. The minimum atomic E-state index is -0.266. The normalized spacial score (nSPS) is 15.8. The number of nitrogens with zero attached hydrogens (tertiary/aromatic N) is 1. The van der Waals surface area contributed by atoms with Gasteiger partial charge in [-0.15, -0.1) is 31.4 Å². The number of hydrogen-bond acceptors (Lipinski definition) is 4. The van der Waals surface area contributed by atoms with Crippen LogP contribution in [0.4, 0.5) is 4.39 Å². The molecule has 23 heavy (non-hydrogen) atoms. The first-order chi connectivity index (χ1) is 10.2. The van der Waals surface area contributed by atoms with E-state index in [9.17, 15) is 4.39 Å². The van der Waals surface area contributed by atoms with E-state index in [4.69, 9.17) is 9.47 Å². The van der Waals surface area contributed by atoms with Crippen LogP contribution in [0.1, 0.15) is 18.0 Å². The van der Waals surface area contributed by atoms with Gasteiger partial charge < -0.3 is 14.8 Å². The summed E-state index contributed by atoms with van der Waals surface area (Å²) in [7, 11) is 3.07. The lowest BCUT2D eigenvalue weighted by Crippen LogP contribution is -2.45. The van der Waals surface area contributed by atoms with Crippen molar-refractivity contribution in [2.45, 2.75) is 12.5 Å². The van der Waals surface area contributed by atoms with E-state index in [1.54, 1.807) is 13.2 Å². The molecular weight excluding hydrogens is 342 g/mol. The Balaban J connectivity index is 0.00000242. The van der Waals surface area contributed by atoms with Gasteiger partial charge in [0.2, 0.25) is 0 Å². The van der Waals surface area contributed by atoms with Crippen molar-refractivity contribution in [3.8, 4) is 11.5 Å². The third-order valence-electron chi connectivity index (χ3n) is 3.84. The first-order valence-electron chi connectivity index (χ1n) is 7.18. The molecule has 0 unspecified atom stereocenters. The van der Waals surface area contributed by atoms with E-state index in [0.29, 0.717) is 23.5 Å². The zero-order valence-electron chi connectivity index (χ0n) is 13.5. The van der Waals surface area contributed by atoms with Crippen LogP contribution in [-0.2, 0) is 0 Å². The van der Waals surface area contributed by atoms with Gasteiger partial charge in [-0.1, -0.05) is 6.08 Å². The third kappa shape index (κ3) is 5.24. The molecular formula is C16H25Cl2FN2O2. The molecule has 0 spiro atoms. The summed E-state index contributed by atoms with van der Waals surface area (Å²) in [5, 5.41) is 3.31. The Kier molecular flexibility index (Phi) is 10.2. The van der Waals surface area contributed by atoms with Gasteiger partial charge in [0.1, 0.15) is 5.82 Å². The maximum atomic E-state index is 14.5. The number of halogens is 3. The molecule has 0 aromatic heterocycles. The summed E-state index contributed by atoms with van der Waals surface area (Å²) in [6, 6.07) is 3.11. The van der Waals surface area contributed by atoms with E-state index in [1.807, 2.05) is 6.08 Å². The molecule has 1 aliphatic rings. The highest BCUT2D eigenvalue weighted by molar-refractivity contribution is 5.85. The Morgan fingerprint density at radius 1 is 1.22 bits per heavy atom. The van der Waals surface area contributed by atoms with Crippen LogP contribution >= 0.6 is 24.8 Å². The Morgan fingerprint density at radius 2 is 1.78 bits per heavy atom. The highest BCUT2D eigenvalue weighted by atomic mass is 35.5. The van der Waals surface area contributed by atoms with Gasteiger partial charge in [-0.3, -0.25) is 4.90 Å². The molecule has 0 saturated carbocycles. The second-order valence-corrected chi connectivity index (χ2v) is 5.05. The van der Waals surface area contributed by atoms with Crippen molar-refractivity contribution in [1.29, 1.82) is 0 Å². The highest BCUT2D eigenvalue weighted by Gasteiger charge is 2.25. The van der Waals surface area contributed by atoms with E-state index in [1.165, 1.54) is 13.2 Å². The van der Waals surface area contributed by atoms with Crippen molar-refractivity contribution in [3.63, 3.8) is 0 Å². The minimum Gasteiger partial charge on any atom is -0.493 e. The Morgan fingerprint density at radius 3 is 2.30 bits per heavy atom. The maximum absolute atomic E-state index is 14.5. The summed E-state index contributed by atoms with van der Waals surface area (Å²) >= 11 is 0. The monoisotopic (exact) mass is 366 g/mol. The fourth-order valence-electron chi connectivity index (χ4n) is 2.75. The molecule has 1 aromatic rings. The molecule has 4 nitrogen and oxygen atoms in total. The highest BCUT2D eigenvalue weighted by Crippen LogP contribution is 2.35. The average Bonchev–Trinajstić information content (AvgIpc) is 2.53. The predicted molar refractivity (Wildman–Crippen MR) is 96.0 cm³/mol. The van der Waals surface area contributed by atoms with Crippen molar-refractivity contribution in [3.05, 3.63) is 36.2 Å². The van der Waals surface area contributed by atoms with Gasteiger partial charge in [-0.2, -0.15) is 0 Å². The summed E-state index contributed by atoms with van der Waals surface area (Å²) in [5.41, 5.74) is 0.634. The molecule has 2 rings (SSSR count). The van der Waals surface area contributed by atoms with E-state index in [2.05, 4.69) is 16.8 Å². The first-order valence-corrected chi connectivity index (χ1v) is 7.18. The molecule has 1 aromatic carbocycles. The topological polar surface area (TPSA) is 33.7 Å². The van der Waals surface area contributed by atoms with Crippen molar-refractivity contribution in [2.24, 2.45) is 0 Å². The molecule has 1 fully saturated rings. The predicted octanol–water partition coefficient (Wildman–Crippen LogP) is 3.21. The van der Waals surface area contributed by atoms with Gasteiger partial charge in [-0.25, -0.2) is 4.39 Å². The number of nitrogens with one attached hydrogen (secondary N) is 1. The SMILES string of the molecule is C=CC[C@@H](c1cc(OC)c(OC)cc1F)N1CCNCC1.Cl.Cl. The van der Waals surface area contributed by atoms with Crippen LogP contribution in [0.2, 0.25) is 0 Å². The van der Waals surface area contributed by atoms with Crippen LogP contribution in [0.25, 0.3) is 0 Å². The quantitative estimate of drug-likeness (QED) is 0.783. The van der Waals surface area contributed by atoms with Crippen molar-refractivity contribution in [2.75, 3.05) is 40.4 Å². The zero-order valence-corrected chi connectivity index (χ0v) is 15.1. The van der Waals surface area contributed by atoms with Gasteiger partial charge in [0.25, 0.3) is 0 Å². The zero-order chi connectivity index (χ0) is 15.2. The van der Waals surface area contributed by atoms with E-state index in [0.717, 1.165) is 26.2 Å². The number of hydrogen-bond donors (Lipinski definition) is 1. The van der Waals surface area contributed by atoms with Crippen LogP contribution in [0.5, 0.6) is 11.5 Å². The van der Waals surface area contributed by atoms with Gasteiger partial charge in [0, 0.05) is 43.9 Å². The van der Waals surface area contributed by atoms with E-state index in [-0.39, 0.29) is 36.7 Å². The third-order valence-corrected chi connectivity index (χ3v) is 3.84. The van der Waals surface area contributed by atoms with Crippen LogP contribution < -0.4 is 14.8 Å². The number of benzene rings is 1. The molecule has 0 aliphatic carbocycles. The second kappa shape index (κ2) is 10.7. The molecule has 1 heterocycles. The summed E-state index contributed by atoms with van der Waals surface area (Å²) in [6.07, 6.45) is 2.54. The molecule has 1 saturated heterocycles. The maximum Gasteiger partial charge on any atom is 0.163 e. The average molecular weight is 367 g/mol. The lowest BCUT2D eigenvalue weighted by Gasteiger charge is -2.35. The van der Waals surface area contributed by atoms with Crippen molar-refractivity contribution >= 4 is 24.8 Å². The largest absolute Gasteiger partial charge is 0.493 e. The Hall–Kier alpha value is -1.01. The fraction of sp³-hybridized carbons (Fsp3) is 0.500. The molecule has 1 atom stereocenters. The lowest BCUT2D eigenvalue weighted by atomic mass is 9.99.